The van der Waals surface area contributed by atoms with Gasteiger partial charge in [-0.3, -0.25) is 9.59 Å². The molecule has 0 aromatic rings. The first-order chi connectivity index (χ1) is 39.0. The van der Waals surface area contributed by atoms with E-state index in [-0.39, 0.29) is 18.5 Å². The predicted molar refractivity (Wildman–Crippen MR) is 347 cm³/mol. The van der Waals surface area contributed by atoms with Gasteiger partial charge in [0.15, 0.2) is 0 Å². The van der Waals surface area contributed by atoms with Crippen LogP contribution in [0.2, 0.25) is 0 Å². The Labute approximate surface area is 495 Å². The first kappa shape index (κ1) is 77.6. The van der Waals surface area contributed by atoms with Crippen molar-refractivity contribution in [1.82, 2.24) is 5.32 Å². The Bertz CT molecular complexity index is 1190. The summed E-state index contributed by atoms with van der Waals surface area (Å²) in [7, 11) is 0. The monoisotopic (exact) mass is 1110 g/mol. The topological polar surface area (TPSA) is 95.9 Å². The van der Waals surface area contributed by atoms with E-state index in [2.05, 4.69) is 31.3 Å². The normalized spacial score (nSPS) is 12.5. The Morgan fingerprint density at radius 1 is 0.342 bits per heavy atom. The Morgan fingerprint density at radius 3 is 0.899 bits per heavy atom. The highest BCUT2D eigenvalue weighted by Gasteiger charge is 2.20. The van der Waals surface area contributed by atoms with E-state index < -0.39 is 12.1 Å². The molecule has 0 radical (unpaired) electrons. The van der Waals surface area contributed by atoms with Crippen LogP contribution in [0.4, 0.5) is 0 Å². The second kappa shape index (κ2) is 69.1. The van der Waals surface area contributed by atoms with Gasteiger partial charge in [-0.1, -0.05) is 366 Å². The molecule has 0 aromatic heterocycles. The van der Waals surface area contributed by atoms with Crippen molar-refractivity contribution in [3.8, 4) is 0 Å². The highest BCUT2D eigenvalue weighted by atomic mass is 16.5. The lowest BCUT2D eigenvalue weighted by Gasteiger charge is -2.22. The lowest BCUT2D eigenvalue weighted by molar-refractivity contribution is -0.143. The summed E-state index contributed by atoms with van der Waals surface area (Å²) in [5.74, 6) is -0.0122. The fourth-order valence-electron chi connectivity index (χ4n) is 11.8. The predicted octanol–water partition coefficient (Wildman–Crippen LogP) is 23.5. The molecule has 2 atom stereocenters. The van der Waals surface area contributed by atoms with Crippen LogP contribution >= 0.6 is 0 Å². The van der Waals surface area contributed by atoms with Gasteiger partial charge in [-0.2, -0.15) is 0 Å². The number of ether oxygens (including phenoxy) is 1. The van der Waals surface area contributed by atoms with E-state index in [1.54, 1.807) is 0 Å². The van der Waals surface area contributed by atoms with Crippen LogP contribution in [-0.2, 0) is 14.3 Å². The summed E-state index contributed by atoms with van der Waals surface area (Å²) in [6.45, 7) is 4.98. The molecule has 3 N–H and O–H groups in total. The quantitative estimate of drug-likeness (QED) is 0.0320. The minimum Gasteiger partial charge on any atom is -0.466 e. The lowest BCUT2D eigenvalue weighted by atomic mass is 10.0. The molecule has 0 spiro atoms. The molecule has 0 aliphatic rings. The second-order valence-electron chi connectivity index (χ2n) is 25.3. The number of carbonyl (C=O) groups is 2. The molecular formula is C73H143NO5. The maximum absolute atomic E-state index is 12.5. The van der Waals surface area contributed by atoms with Crippen molar-refractivity contribution in [2.75, 3.05) is 13.2 Å². The maximum Gasteiger partial charge on any atom is 0.305 e. The molecule has 0 saturated carbocycles. The van der Waals surface area contributed by atoms with Crippen molar-refractivity contribution in [3.63, 3.8) is 0 Å². The molecule has 0 aromatic carbocycles. The number of aliphatic hydroxyl groups is 2. The molecule has 79 heavy (non-hydrogen) atoms. The molecule has 0 aliphatic heterocycles. The number of rotatable bonds is 69. The fraction of sp³-hybridized carbons (Fsp3) is 0.945. The Balaban J connectivity index is 3.28. The SMILES string of the molecule is CCCCCCCC/C=C\CCCCCCCC(=O)OCCCCCCCCCCCCCCCCCCCCCCCCCCCCCCCCCCCCCC(=O)NC(CO)C(O)CCCCCCCCCCCCCC. The average Bonchev–Trinajstić information content (AvgIpc) is 3.45. The summed E-state index contributed by atoms with van der Waals surface area (Å²) in [6, 6.07) is -0.535. The molecule has 6 heteroatoms. The van der Waals surface area contributed by atoms with Crippen LogP contribution in [0, 0.1) is 0 Å². The third-order valence-corrected chi connectivity index (χ3v) is 17.3. The molecule has 2 unspecified atom stereocenters. The number of amides is 1. The largest absolute Gasteiger partial charge is 0.466 e. The number of esters is 1. The molecule has 470 valence electrons. The third kappa shape index (κ3) is 65.6. The van der Waals surface area contributed by atoms with Gasteiger partial charge < -0.3 is 20.3 Å². The van der Waals surface area contributed by atoms with Crippen molar-refractivity contribution in [1.29, 1.82) is 0 Å². The van der Waals surface area contributed by atoms with Crippen LogP contribution in [-0.4, -0.2) is 47.4 Å². The number of hydrogen-bond donors (Lipinski definition) is 3. The van der Waals surface area contributed by atoms with E-state index in [0.29, 0.717) is 25.9 Å². The van der Waals surface area contributed by atoms with Crippen molar-refractivity contribution >= 4 is 11.9 Å². The van der Waals surface area contributed by atoms with E-state index in [0.717, 1.165) is 44.9 Å². The van der Waals surface area contributed by atoms with E-state index >= 15 is 0 Å². The van der Waals surface area contributed by atoms with Crippen LogP contribution in [0.1, 0.15) is 418 Å². The minimum atomic E-state index is -0.658. The summed E-state index contributed by atoms with van der Waals surface area (Å²) in [6.07, 6.45) is 85.8. The van der Waals surface area contributed by atoms with Gasteiger partial charge in [0.2, 0.25) is 5.91 Å². The van der Waals surface area contributed by atoms with Gasteiger partial charge in [0.1, 0.15) is 0 Å². The summed E-state index contributed by atoms with van der Waals surface area (Å²) in [5.41, 5.74) is 0. The van der Waals surface area contributed by atoms with Gasteiger partial charge in [-0.05, 0) is 51.4 Å². The van der Waals surface area contributed by atoms with Gasteiger partial charge in [0.25, 0.3) is 0 Å². The first-order valence-electron chi connectivity index (χ1n) is 36.4. The zero-order valence-electron chi connectivity index (χ0n) is 53.9. The molecule has 0 aliphatic carbocycles. The van der Waals surface area contributed by atoms with Crippen molar-refractivity contribution in [3.05, 3.63) is 12.2 Å². The van der Waals surface area contributed by atoms with Gasteiger partial charge in [-0.25, -0.2) is 0 Å². The molecule has 0 heterocycles. The van der Waals surface area contributed by atoms with E-state index in [4.69, 9.17) is 4.74 Å². The molecule has 0 rings (SSSR count). The number of allylic oxidation sites excluding steroid dienone is 2. The molecule has 0 fully saturated rings. The second-order valence-corrected chi connectivity index (χ2v) is 25.3. The van der Waals surface area contributed by atoms with Crippen LogP contribution in [0.25, 0.3) is 0 Å². The lowest BCUT2D eigenvalue weighted by Crippen LogP contribution is -2.45. The molecular weight excluding hydrogens is 971 g/mol. The maximum atomic E-state index is 12.5. The van der Waals surface area contributed by atoms with Crippen LogP contribution in [0.15, 0.2) is 12.2 Å². The summed E-state index contributed by atoms with van der Waals surface area (Å²) < 4.78 is 5.50. The van der Waals surface area contributed by atoms with Gasteiger partial charge in [-0.15, -0.1) is 0 Å². The van der Waals surface area contributed by atoms with Crippen LogP contribution < -0.4 is 5.32 Å². The molecule has 1 amide bonds. The number of nitrogens with one attached hydrogen (secondary N) is 1. The molecule has 0 saturated heterocycles. The van der Waals surface area contributed by atoms with Crippen LogP contribution in [0.5, 0.6) is 0 Å². The fourth-order valence-corrected chi connectivity index (χ4v) is 11.8. The first-order valence-corrected chi connectivity index (χ1v) is 36.4. The minimum absolute atomic E-state index is 0.0155. The smallest absolute Gasteiger partial charge is 0.305 e. The zero-order chi connectivity index (χ0) is 57.1. The average molecular weight is 1110 g/mol. The van der Waals surface area contributed by atoms with Gasteiger partial charge >= 0.3 is 5.97 Å². The summed E-state index contributed by atoms with van der Waals surface area (Å²) >= 11 is 0. The Hall–Kier alpha value is -1.40. The van der Waals surface area contributed by atoms with Crippen molar-refractivity contribution in [2.24, 2.45) is 0 Å². The number of hydrogen-bond acceptors (Lipinski definition) is 5. The number of aliphatic hydroxyl groups excluding tert-OH is 2. The van der Waals surface area contributed by atoms with E-state index in [1.165, 1.54) is 340 Å². The molecule has 0 bridgehead atoms. The van der Waals surface area contributed by atoms with E-state index in [9.17, 15) is 19.8 Å². The zero-order valence-corrected chi connectivity index (χ0v) is 53.9. The standard InChI is InChI=1S/C73H143NO5/c1-3-5-7-9-11-13-15-17-39-43-47-51-55-59-63-67-73(78)79-68-64-60-56-52-48-44-41-38-36-34-32-30-28-26-24-22-20-18-19-21-23-25-27-29-31-33-35-37-40-42-46-50-54-58-62-66-72(77)74-70(69-75)71(76)65-61-57-53-49-45-16-14-12-10-8-6-4-2/h17,39,70-71,75-76H,3-16,18-38,40-69H2,1-2H3,(H,74,77)/b39-17-. The number of unbranched alkanes of at least 4 members (excludes halogenated alkanes) is 56. The van der Waals surface area contributed by atoms with Crippen molar-refractivity contribution in [2.45, 2.75) is 431 Å². The Morgan fingerprint density at radius 2 is 0.595 bits per heavy atom. The molecule has 6 nitrogen and oxygen atoms in total. The van der Waals surface area contributed by atoms with E-state index in [1.807, 2.05) is 0 Å². The van der Waals surface area contributed by atoms with Crippen molar-refractivity contribution < 1.29 is 24.5 Å². The number of carbonyl (C=O) groups excluding carboxylic acids is 2. The summed E-state index contributed by atoms with van der Waals surface area (Å²) in [4.78, 5) is 24.6. The van der Waals surface area contributed by atoms with Gasteiger partial charge in [0.05, 0.1) is 25.4 Å². The van der Waals surface area contributed by atoms with Crippen LogP contribution in [0.3, 0.4) is 0 Å². The Kier molecular flexibility index (Phi) is 67.9. The highest BCUT2D eigenvalue weighted by molar-refractivity contribution is 5.76. The summed E-state index contributed by atoms with van der Waals surface area (Å²) in [5, 5.41) is 23.3. The third-order valence-electron chi connectivity index (χ3n) is 17.3. The van der Waals surface area contributed by atoms with Gasteiger partial charge in [0, 0.05) is 12.8 Å². The highest BCUT2D eigenvalue weighted by Crippen LogP contribution is 2.20.